The maximum absolute atomic E-state index is 12.5. The Morgan fingerprint density at radius 3 is 2.27 bits per heavy atom. The van der Waals surface area contributed by atoms with Gasteiger partial charge in [0.05, 0.1) is 6.20 Å². The number of pyridine rings is 1. The predicted molar refractivity (Wildman–Crippen MR) is 55.1 cm³/mol. The van der Waals surface area contributed by atoms with Gasteiger partial charge >= 0.3 is 0 Å². The lowest BCUT2D eigenvalue weighted by molar-refractivity contribution is 0.474. The lowest BCUT2D eigenvalue weighted by Crippen LogP contribution is -1.88. The molecule has 0 saturated carbocycles. The second-order valence-electron chi connectivity index (χ2n) is 2.99. The van der Waals surface area contributed by atoms with Gasteiger partial charge in [-0.25, -0.2) is 4.98 Å². The highest BCUT2D eigenvalue weighted by Crippen LogP contribution is 2.21. The Balaban J connectivity index is 2.15. The maximum atomic E-state index is 12.5. The predicted octanol–water partition coefficient (Wildman–Crippen LogP) is 2.60. The van der Waals surface area contributed by atoms with E-state index in [-0.39, 0.29) is 0 Å². The standard InChI is InChI=1S/C11H9FN2O/c12-11-6-5-10(7-14-11)15-9-3-1-8(13)2-4-9/h1-7H,13H2. The van der Waals surface area contributed by atoms with Crippen molar-refractivity contribution in [3.8, 4) is 11.5 Å². The van der Waals surface area contributed by atoms with Gasteiger partial charge in [-0.15, -0.1) is 0 Å². The molecule has 3 nitrogen and oxygen atoms in total. The summed E-state index contributed by atoms with van der Waals surface area (Å²) in [6.45, 7) is 0. The van der Waals surface area contributed by atoms with Crippen molar-refractivity contribution in [2.24, 2.45) is 0 Å². The van der Waals surface area contributed by atoms with Gasteiger partial charge in [-0.2, -0.15) is 4.39 Å². The highest BCUT2D eigenvalue weighted by molar-refractivity contribution is 5.42. The van der Waals surface area contributed by atoms with Gasteiger partial charge in [-0.05, 0) is 36.4 Å². The molecule has 0 fully saturated rings. The molecule has 1 aromatic carbocycles. The number of nitrogens with two attached hydrogens (primary N) is 1. The minimum Gasteiger partial charge on any atom is -0.456 e. The molecule has 0 aliphatic heterocycles. The van der Waals surface area contributed by atoms with Gasteiger partial charge in [-0.3, -0.25) is 0 Å². The molecule has 0 saturated heterocycles. The number of ether oxygens (including phenoxy) is 1. The van der Waals surface area contributed by atoms with Gasteiger partial charge in [0.2, 0.25) is 5.95 Å². The van der Waals surface area contributed by atoms with Crippen molar-refractivity contribution in [1.29, 1.82) is 0 Å². The summed E-state index contributed by atoms with van der Waals surface area (Å²) in [6.07, 6.45) is 1.33. The van der Waals surface area contributed by atoms with Crippen LogP contribution in [-0.2, 0) is 0 Å². The van der Waals surface area contributed by atoms with E-state index in [1.165, 1.54) is 18.3 Å². The normalized spacial score (nSPS) is 9.93. The number of halogens is 1. The highest BCUT2D eigenvalue weighted by atomic mass is 19.1. The maximum Gasteiger partial charge on any atom is 0.213 e. The van der Waals surface area contributed by atoms with Crippen molar-refractivity contribution in [2.75, 3.05) is 5.73 Å². The number of rotatable bonds is 2. The molecule has 0 amide bonds. The summed E-state index contributed by atoms with van der Waals surface area (Å²) in [4.78, 5) is 3.48. The molecule has 0 radical (unpaired) electrons. The van der Waals surface area contributed by atoms with Crippen LogP contribution >= 0.6 is 0 Å². The molecule has 76 valence electrons. The van der Waals surface area contributed by atoms with Crippen LogP contribution in [0.1, 0.15) is 0 Å². The summed E-state index contributed by atoms with van der Waals surface area (Å²) in [5.41, 5.74) is 6.19. The number of aromatic nitrogens is 1. The summed E-state index contributed by atoms with van der Waals surface area (Å²) in [5, 5.41) is 0. The van der Waals surface area contributed by atoms with Crippen LogP contribution in [0.2, 0.25) is 0 Å². The third kappa shape index (κ3) is 2.43. The summed E-state index contributed by atoms with van der Waals surface area (Å²) < 4.78 is 17.9. The topological polar surface area (TPSA) is 48.1 Å². The van der Waals surface area contributed by atoms with Crippen LogP contribution in [0.4, 0.5) is 10.1 Å². The molecule has 1 heterocycles. The van der Waals surface area contributed by atoms with Crippen molar-refractivity contribution < 1.29 is 9.13 Å². The number of nitrogens with zero attached hydrogens (tertiary/aromatic N) is 1. The first-order valence-electron chi connectivity index (χ1n) is 4.39. The van der Waals surface area contributed by atoms with Crippen LogP contribution in [0.5, 0.6) is 11.5 Å². The van der Waals surface area contributed by atoms with E-state index >= 15 is 0 Å². The lowest BCUT2D eigenvalue weighted by Gasteiger charge is -2.04. The monoisotopic (exact) mass is 204 g/mol. The lowest BCUT2D eigenvalue weighted by atomic mass is 10.3. The smallest absolute Gasteiger partial charge is 0.213 e. The van der Waals surface area contributed by atoms with Crippen LogP contribution in [0.3, 0.4) is 0 Å². The minimum atomic E-state index is -0.528. The van der Waals surface area contributed by atoms with Crippen molar-refractivity contribution in [2.45, 2.75) is 0 Å². The third-order valence-electron chi connectivity index (χ3n) is 1.82. The Kier molecular flexibility index (Phi) is 2.49. The van der Waals surface area contributed by atoms with Crippen LogP contribution in [0.25, 0.3) is 0 Å². The van der Waals surface area contributed by atoms with Gasteiger partial charge in [0.1, 0.15) is 11.5 Å². The Bertz CT molecular complexity index is 396. The van der Waals surface area contributed by atoms with E-state index < -0.39 is 5.95 Å². The van der Waals surface area contributed by atoms with Gasteiger partial charge in [0.25, 0.3) is 0 Å². The van der Waals surface area contributed by atoms with Gasteiger partial charge < -0.3 is 10.5 Å². The molecule has 15 heavy (non-hydrogen) atoms. The van der Waals surface area contributed by atoms with E-state index in [1.54, 1.807) is 24.3 Å². The van der Waals surface area contributed by atoms with Gasteiger partial charge in [0, 0.05) is 5.69 Å². The average Bonchev–Trinajstić information content (AvgIpc) is 2.25. The number of hydrogen-bond donors (Lipinski definition) is 1. The van der Waals surface area contributed by atoms with E-state index in [4.69, 9.17) is 10.5 Å². The Morgan fingerprint density at radius 1 is 1.00 bits per heavy atom. The van der Waals surface area contributed by atoms with Crippen molar-refractivity contribution in [3.63, 3.8) is 0 Å². The van der Waals surface area contributed by atoms with E-state index in [2.05, 4.69) is 4.98 Å². The number of nitrogen functional groups attached to an aromatic ring is 1. The fourth-order valence-electron chi connectivity index (χ4n) is 1.09. The number of anilines is 1. The largest absolute Gasteiger partial charge is 0.456 e. The first kappa shape index (κ1) is 9.45. The fraction of sp³-hybridized carbons (Fsp3) is 0. The van der Waals surface area contributed by atoms with Crippen LogP contribution in [-0.4, -0.2) is 4.98 Å². The molecule has 0 atom stereocenters. The molecular formula is C11H9FN2O. The molecular weight excluding hydrogens is 195 g/mol. The number of hydrogen-bond acceptors (Lipinski definition) is 3. The molecule has 2 aromatic rings. The van der Waals surface area contributed by atoms with E-state index in [0.29, 0.717) is 17.2 Å². The summed E-state index contributed by atoms with van der Waals surface area (Å²) in [6, 6.07) is 9.68. The van der Waals surface area contributed by atoms with Crippen molar-refractivity contribution in [1.82, 2.24) is 4.98 Å². The summed E-state index contributed by atoms with van der Waals surface area (Å²) >= 11 is 0. The average molecular weight is 204 g/mol. The van der Waals surface area contributed by atoms with Crippen LogP contribution < -0.4 is 10.5 Å². The first-order valence-corrected chi connectivity index (χ1v) is 4.39. The Morgan fingerprint density at radius 2 is 1.67 bits per heavy atom. The highest BCUT2D eigenvalue weighted by Gasteiger charge is 1.97. The molecule has 0 unspecified atom stereocenters. The Labute approximate surface area is 86.3 Å². The molecule has 0 bridgehead atoms. The zero-order valence-corrected chi connectivity index (χ0v) is 7.85. The van der Waals surface area contributed by atoms with Gasteiger partial charge in [-0.1, -0.05) is 0 Å². The quantitative estimate of drug-likeness (QED) is 0.604. The summed E-state index contributed by atoms with van der Waals surface area (Å²) in [5.74, 6) is 0.596. The zero-order valence-electron chi connectivity index (χ0n) is 7.85. The number of benzene rings is 1. The van der Waals surface area contributed by atoms with Gasteiger partial charge in [0.15, 0.2) is 0 Å². The fourth-order valence-corrected chi connectivity index (χ4v) is 1.09. The molecule has 0 aliphatic carbocycles. The molecule has 2 rings (SSSR count). The molecule has 4 heteroatoms. The minimum absolute atomic E-state index is 0.487. The SMILES string of the molecule is Nc1ccc(Oc2ccc(F)nc2)cc1. The molecule has 2 N–H and O–H groups in total. The van der Waals surface area contributed by atoms with E-state index in [1.807, 2.05) is 0 Å². The van der Waals surface area contributed by atoms with Crippen molar-refractivity contribution >= 4 is 5.69 Å². The zero-order chi connectivity index (χ0) is 10.7. The van der Waals surface area contributed by atoms with Crippen LogP contribution in [0.15, 0.2) is 42.6 Å². The molecule has 0 aliphatic rings. The first-order chi connectivity index (χ1) is 7.24. The molecule has 0 spiro atoms. The van der Waals surface area contributed by atoms with Crippen LogP contribution in [0, 0.1) is 5.95 Å². The summed E-state index contributed by atoms with van der Waals surface area (Å²) in [7, 11) is 0. The van der Waals surface area contributed by atoms with Crippen molar-refractivity contribution in [3.05, 3.63) is 48.5 Å². The third-order valence-corrected chi connectivity index (χ3v) is 1.82. The Hall–Kier alpha value is -2.10. The second kappa shape index (κ2) is 3.96. The second-order valence-corrected chi connectivity index (χ2v) is 2.99. The van der Waals surface area contributed by atoms with E-state index in [9.17, 15) is 4.39 Å². The molecule has 1 aromatic heterocycles. The van der Waals surface area contributed by atoms with E-state index in [0.717, 1.165) is 0 Å².